The number of aliphatic carboxylic acids is 1. The summed E-state index contributed by atoms with van der Waals surface area (Å²) in [6, 6.07) is 12.1. The van der Waals surface area contributed by atoms with Crippen LogP contribution in [0.1, 0.15) is 36.7 Å². The molecule has 0 bridgehead atoms. The second-order valence-electron chi connectivity index (χ2n) is 9.09. The molecule has 3 rings (SSSR count). The Morgan fingerprint density at radius 2 is 1.71 bits per heavy atom. The first kappa shape index (κ1) is 27.9. The van der Waals surface area contributed by atoms with Crippen molar-refractivity contribution in [3.8, 4) is 5.75 Å². The maximum Gasteiger partial charge on any atom is 0.320 e. The molecule has 0 unspecified atom stereocenters. The van der Waals surface area contributed by atoms with Gasteiger partial charge in [0.25, 0.3) is 5.91 Å². The lowest BCUT2D eigenvalue weighted by Crippen LogP contribution is -2.28. The molecule has 0 fully saturated rings. The summed E-state index contributed by atoms with van der Waals surface area (Å²) in [6.07, 6.45) is 1.62. The van der Waals surface area contributed by atoms with Gasteiger partial charge >= 0.3 is 12.0 Å². The number of halogens is 1. The number of aromatic nitrogens is 1. The van der Waals surface area contributed by atoms with Crippen LogP contribution in [0.3, 0.4) is 0 Å². The quantitative estimate of drug-likeness (QED) is 0.251. The molecule has 0 atom stereocenters. The van der Waals surface area contributed by atoms with Gasteiger partial charge in [-0.3, -0.25) is 14.9 Å². The molecule has 200 valence electrons. The first-order chi connectivity index (χ1) is 18.0. The smallest absolute Gasteiger partial charge is 0.320 e. The van der Waals surface area contributed by atoms with Crippen molar-refractivity contribution in [3.05, 3.63) is 71.7 Å². The van der Waals surface area contributed by atoms with E-state index in [2.05, 4.69) is 26.3 Å². The number of carbonyl (C=O) groups is 3. The van der Waals surface area contributed by atoms with Crippen LogP contribution in [0.25, 0.3) is 0 Å². The summed E-state index contributed by atoms with van der Waals surface area (Å²) >= 11 is 0. The second kappa shape index (κ2) is 12.0. The minimum atomic E-state index is -0.929. The molecular formula is C27H30FN5O5. The fourth-order valence-corrected chi connectivity index (χ4v) is 3.52. The molecule has 2 aromatic carbocycles. The number of methoxy groups -OCH3 is 1. The van der Waals surface area contributed by atoms with E-state index in [1.54, 1.807) is 51.1 Å². The predicted molar refractivity (Wildman–Crippen MR) is 143 cm³/mol. The third-order valence-corrected chi connectivity index (χ3v) is 5.60. The fourth-order valence-electron chi connectivity index (χ4n) is 3.52. The van der Waals surface area contributed by atoms with Crippen molar-refractivity contribution < 1.29 is 28.6 Å². The number of nitrogens with one attached hydrogen (secondary N) is 4. The highest BCUT2D eigenvalue weighted by Crippen LogP contribution is 2.28. The summed E-state index contributed by atoms with van der Waals surface area (Å²) in [5.74, 6) is -1.75. The topological polar surface area (TPSA) is 142 Å². The van der Waals surface area contributed by atoms with Crippen molar-refractivity contribution in [2.24, 2.45) is 5.41 Å². The van der Waals surface area contributed by atoms with Gasteiger partial charge in [0.1, 0.15) is 5.82 Å². The Labute approximate surface area is 219 Å². The third kappa shape index (κ3) is 7.19. The zero-order valence-electron chi connectivity index (χ0n) is 21.5. The highest BCUT2D eigenvalue weighted by Gasteiger charge is 2.27. The van der Waals surface area contributed by atoms with Crippen molar-refractivity contribution >= 4 is 40.8 Å². The number of pyridine rings is 1. The number of benzene rings is 2. The summed E-state index contributed by atoms with van der Waals surface area (Å²) in [7, 11) is 1.36. The number of nitrogens with zero attached hydrogens (tertiary/aromatic N) is 1. The van der Waals surface area contributed by atoms with E-state index >= 15 is 0 Å². The number of hydrogen-bond acceptors (Lipinski definition) is 6. The first-order valence-electron chi connectivity index (χ1n) is 11.8. The zero-order valence-corrected chi connectivity index (χ0v) is 21.5. The van der Waals surface area contributed by atoms with Crippen LogP contribution in [0.15, 0.2) is 54.7 Å². The summed E-state index contributed by atoms with van der Waals surface area (Å²) in [6.45, 7) is 5.47. The highest BCUT2D eigenvalue weighted by molar-refractivity contribution is 6.08. The molecule has 0 saturated carbocycles. The number of carbonyl (C=O) groups excluding carboxylic acids is 2. The minimum absolute atomic E-state index is 0.0667. The van der Waals surface area contributed by atoms with Gasteiger partial charge in [0.15, 0.2) is 11.6 Å². The fraction of sp³-hybridized carbons (Fsp3) is 0.259. The maximum absolute atomic E-state index is 14.3. The molecule has 1 aromatic heterocycles. The highest BCUT2D eigenvalue weighted by atomic mass is 19.1. The Kier molecular flexibility index (Phi) is 8.85. The number of hydrogen-bond donors (Lipinski definition) is 5. The van der Waals surface area contributed by atoms with Crippen molar-refractivity contribution in [3.63, 3.8) is 0 Å². The Morgan fingerprint density at radius 1 is 1.03 bits per heavy atom. The monoisotopic (exact) mass is 523 g/mol. The van der Waals surface area contributed by atoms with E-state index in [4.69, 9.17) is 4.74 Å². The van der Waals surface area contributed by atoms with Crippen LogP contribution >= 0.6 is 0 Å². The van der Waals surface area contributed by atoms with Gasteiger partial charge in [-0.1, -0.05) is 12.1 Å². The number of carboxylic acids is 1. The molecule has 38 heavy (non-hydrogen) atoms. The number of amides is 3. The molecule has 0 radical (unpaired) electrons. The lowest BCUT2D eigenvalue weighted by Gasteiger charge is -2.19. The minimum Gasteiger partial charge on any atom is -0.494 e. The van der Waals surface area contributed by atoms with Gasteiger partial charge in [-0.2, -0.15) is 0 Å². The van der Waals surface area contributed by atoms with Crippen molar-refractivity contribution in [1.29, 1.82) is 0 Å². The predicted octanol–water partition coefficient (Wildman–Crippen LogP) is 5.02. The van der Waals surface area contributed by atoms with Crippen LogP contribution in [0.5, 0.6) is 5.75 Å². The Balaban J connectivity index is 1.85. The van der Waals surface area contributed by atoms with Gasteiger partial charge in [-0.05, 0) is 57.0 Å². The number of urea groups is 1. The Morgan fingerprint density at radius 3 is 2.32 bits per heavy atom. The van der Waals surface area contributed by atoms with Crippen molar-refractivity contribution in [1.82, 2.24) is 10.3 Å². The molecule has 5 N–H and O–H groups in total. The Bertz CT molecular complexity index is 1330. The van der Waals surface area contributed by atoms with E-state index in [0.29, 0.717) is 24.3 Å². The lowest BCUT2D eigenvalue weighted by atomic mass is 9.86. The molecule has 0 spiro atoms. The number of rotatable bonds is 10. The second-order valence-corrected chi connectivity index (χ2v) is 9.09. The van der Waals surface area contributed by atoms with E-state index in [-0.39, 0.29) is 22.8 Å². The molecule has 10 nitrogen and oxygen atoms in total. The van der Waals surface area contributed by atoms with Crippen LogP contribution in [-0.2, 0) is 11.2 Å². The summed E-state index contributed by atoms with van der Waals surface area (Å²) in [5.41, 5.74) is 1.12. The molecule has 0 aliphatic heterocycles. The first-order valence-corrected chi connectivity index (χ1v) is 11.8. The zero-order chi connectivity index (χ0) is 27.9. The molecule has 3 amide bonds. The summed E-state index contributed by atoms with van der Waals surface area (Å²) in [4.78, 5) is 40.7. The van der Waals surface area contributed by atoms with Crippen LogP contribution in [0, 0.1) is 11.2 Å². The molecule has 0 saturated heterocycles. The van der Waals surface area contributed by atoms with Gasteiger partial charge in [0.05, 0.1) is 23.8 Å². The third-order valence-electron chi connectivity index (χ3n) is 5.60. The molecule has 0 aliphatic carbocycles. The van der Waals surface area contributed by atoms with Crippen LogP contribution in [0.4, 0.5) is 32.1 Å². The average Bonchev–Trinajstić information content (AvgIpc) is 2.85. The molecular weight excluding hydrogens is 493 g/mol. The average molecular weight is 524 g/mol. The van der Waals surface area contributed by atoms with E-state index in [1.807, 2.05) is 0 Å². The molecule has 3 aromatic rings. The van der Waals surface area contributed by atoms with Crippen molar-refractivity contribution in [2.75, 3.05) is 29.6 Å². The Hall–Kier alpha value is -4.67. The van der Waals surface area contributed by atoms with Crippen LogP contribution in [-0.4, -0.2) is 41.7 Å². The SMILES string of the molecule is CCNC(=O)Nc1cc(Nc2ccc(OC)c(F)c2)c(C(=O)Nc2ccc(CC(C)(C)C(=O)O)cc2)cn1. The lowest BCUT2D eigenvalue weighted by molar-refractivity contribution is -0.146. The van der Waals surface area contributed by atoms with Crippen molar-refractivity contribution in [2.45, 2.75) is 27.2 Å². The normalized spacial score (nSPS) is 10.9. The summed E-state index contributed by atoms with van der Waals surface area (Å²) in [5, 5.41) is 20.3. The van der Waals surface area contributed by atoms with E-state index in [0.717, 1.165) is 5.56 Å². The maximum atomic E-state index is 14.3. The van der Waals surface area contributed by atoms with E-state index < -0.39 is 29.1 Å². The van der Waals surface area contributed by atoms with Crippen LogP contribution in [0.2, 0.25) is 0 Å². The van der Waals surface area contributed by atoms with E-state index in [9.17, 15) is 23.9 Å². The number of ether oxygens (including phenoxy) is 1. The van der Waals surface area contributed by atoms with Gasteiger partial charge in [-0.15, -0.1) is 0 Å². The van der Waals surface area contributed by atoms with Crippen LogP contribution < -0.4 is 26.0 Å². The number of carboxylic acid groups (broad SMARTS) is 1. The largest absolute Gasteiger partial charge is 0.494 e. The summed E-state index contributed by atoms with van der Waals surface area (Å²) < 4.78 is 19.2. The van der Waals surface area contributed by atoms with Gasteiger partial charge in [-0.25, -0.2) is 14.2 Å². The molecule has 0 aliphatic rings. The van der Waals surface area contributed by atoms with Gasteiger partial charge in [0.2, 0.25) is 0 Å². The molecule has 11 heteroatoms. The standard InChI is InChI=1S/C27H30FN5O5/c1-5-29-26(37)33-23-13-21(31-18-10-11-22(38-4)20(28)12-18)19(15-30-23)24(34)32-17-8-6-16(7-9-17)14-27(2,3)25(35)36/h6-13,15H,5,14H2,1-4H3,(H,32,34)(H,35,36)(H3,29,30,31,33,37). The molecule has 1 heterocycles. The number of anilines is 4. The van der Waals surface area contributed by atoms with Gasteiger partial charge < -0.3 is 25.8 Å². The van der Waals surface area contributed by atoms with Gasteiger partial charge in [0, 0.05) is 36.2 Å². The van der Waals surface area contributed by atoms with E-state index in [1.165, 1.54) is 31.5 Å².